The Kier molecular flexibility index (Phi) is 7.03. The van der Waals surface area contributed by atoms with Gasteiger partial charge in [0.05, 0.1) is 5.41 Å². The second-order valence-electron chi connectivity index (χ2n) is 9.69. The molecule has 186 valence electrons. The predicted molar refractivity (Wildman–Crippen MR) is 130 cm³/mol. The average molecular weight is 486 g/mol. The number of halogens is 3. The van der Waals surface area contributed by atoms with Crippen molar-refractivity contribution in [2.45, 2.75) is 43.8 Å². The molecular formula is C27H30F3N3O2. The summed E-state index contributed by atoms with van der Waals surface area (Å²) in [6.07, 6.45) is -3.81. The van der Waals surface area contributed by atoms with E-state index in [0.29, 0.717) is 18.5 Å². The number of likely N-dealkylation sites (N-methyl/N-ethyl adjacent to an activating group) is 1. The number of pyridine rings is 1. The molecule has 0 radical (unpaired) electrons. The highest BCUT2D eigenvalue weighted by Gasteiger charge is 2.67. The quantitative estimate of drug-likeness (QED) is 0.464. The number of nitrogens with one attached hydrogen (secondary N) is 2. The predicted octanol–water partition coefficient (Wildman–Crippen LogP) is 4.63. The van der Waals surface area contributed by atoms with Gasteiger partial charge in [-0.05, 0) is 68.1 Å². The third-order valence-corrected chi connectivity index (χ3v) is 7.14. The molecule has 1 aromatic heterocycles. The van der Waals surface area contributed by atoms with Crippen LogP contribution in [0.25, 0.3) is 10.9 Å². The van der Waals surface area contributed by atoms with Gasteiger partial charge in [-0.1, -0.05) is 36.4 Å². The lowest BCUT2D eigenvalue weighted by molar-refractivity contribution is -0.194. The van der Waals surface area contributed by atoms with Crippen LogP contribution in [0.2, 0.25) is 0 Å². The summed E-state index contributed by atoms with van der Waals surface area (Å²) in [6.45, 7) is 0.315. The molecule has 35 heavy (non-hydrogen) atoms. The summed E-state index contributed by atoms with van der Waals surface area (Å²) in [5, 5.41) is 3.80. The van der Waals surface area contributed by atoms with E-state index in [1.54, 1.807) is 36.4 Å². The number of alkyl halides is 3. The average Bonchev–Trinajstić information content (AvgIpc) is 3.63. The molecule has 1 amide bonds. The van der Waals surface area contributed by atoms with Gasteiger partial charge in [-0.2, -0.15) is 13.2 Å². The maximum absolute atomic E-state index is 13.9. The second-order valence-corrected chi connectivity index (χ2v) is 9.69. The van der Waals surface area contributed by atoms with Crippen molar-refractivity contribution in [2.75, 3.05) is 20.6 Å². The van der Waals surface area contributed by atoms with E-state index in [1.165, 1.54) is 6.07 Å². The van der Waals surface area contributed by atoms with Crippen LogP contribution in [0, 0.1) is 5.41 Å². The highest BCUT2D eigenvalue weighted by Crippen LogP contribution is 2.66. The SMILES string of the molecule is CN(C)[C@H](CNC(=O)C[C@H](c1ccccc1)C1(C(F)(F)F)CC1)Cc1ccc2[nH]c(=O)ccc2c1. The minimum Gasteiger partial charge on any atom is -0.355 e. The minimum absolute atomic E-state index is 0.0492. The molecule has 2 atom stereocenters. The Balaban J connectivity index is 1.44. The minimum atomic E-state index is -4.35. The maximum atomic E-state index is 13.9. The van der Waals surface area contributed by atoms with Crippen LogP contribution < -0.4 is 10.9 Å². The number of aromatic nitrogens is 1. The number of aromatic amines is 1. The molecular weight excluding hydrogens is 455 g/mol. The van der Waals surface area contributed by atoms with Gasteiger partial charge in [0.25, 0.3) is 0 Å². The Bertz CT molecular complexity index is 1230. The van der Waals surface area contributed by atoms with Crippen molar-refractivity contribution in [1.82, 2.24) is 15.2 Å². The maximum Gasteiger partial charge on any atom is 0.395 e. The first-order chi connectivity index (χ1) is 16.6. The van der Waals surface area contributed by atoms with Gasteiger partial charge in [0, 0.05) is 36.5 Å². The van der Waals surface area contributed by atoms with E-state index < -0.39 is 17.5 Å². The molecule has 1 aliphatic carbocycles. The molecule has 8 heteroatoms. The summed E-state index contributed by atoms with van der Waals surface area (Å²) < 4.78 is 41.8. The van der Waals surface area contributed by atoms with E-state index in [1.807, 2.05) is 37.2 Å². The summed E-state index contributed by atoms with van der Waals surface area (Å²) in [5.74, 6) is -1.28. The van der Waals surface area contributed by atoms with Crippen molar-refractivity contribution in [3.63, 3.8) is 0 Å². The first-order valence-corrected chi connectivity index (χ1v) is 11.8. The number of benzene rings is 2. The molecule has 4 rings (SSSR count). The molecule has 1 aliphatic rings. The standard InChI is InChI=1S/C27H30F3N3O2/c1-33(2)21(15-18-8-10-23-20(14-18)9-11-24(34)32-23)17-31-25(35)16-22(19-6-4-3-5-7-19)26(12-13-26)27(28,29)30/h3-11,14,21-22H,12-13,15-17H2,1-2H3,(H,31,35)(H,32,34)/t21-,22+/m0/s1. The lowest BCUT2D eigenvalue weighted by atomic mass is 9.80. The van der Waals surface area contributed by atoms with E-state index >= 15 is 0 Å². The van der Waals surface area contributed by atoms with Gasteiger partial charge in [0.2, 0.25) is 11.5 Å². The number of nitrogens with zero attached hydrogens (tertiary/aromatic N) is 1. The monoisotopic (exact) mass is 485 g/mol. The fourth-order valence-corrected chi connectivity index (χ4v) is 4.81. The summed E-state index contributed by atoms with van der Waals surface area (Å²) in [7, 11) is 3.82. The second kappa shape index (κ2) is 9.85. The molecule has 0 unspecified atom stereocenters. The lowest BCUT2D eigenvalue weighted by Crippen LogP contribution is -2.42. The van der Waals surface area contributed by atoms with Crippen LogP contribution in [0.15, 0.2) is 65.5 Å². The number of hydrogen-bond acceptors (Lipinski definition) is 3. The molecule has 0 spiro atoms. The first kappa shape index (κ1) is 25.0. The Hall–Kier alpha value is -3.13. The van der Waals surface area contributed by atoms with Gasteiger partial charge in [-0.3, -0.25) is 9.59 Å². The molecule has 1 fully saturated rings. The molecule has 1 saturated carbocycles. The number of fused-ring (bicyclic) bond motifs is 1. The van der Waals surface area contributed by atoms with Crippen LogP contribution in [0.4, 0.5) is 13.2 Å². The number of amides is 1. The van der Waals surface area contributed by atoms with Crippen molar-refractivity contribution in [3.8, 4) is 0 Å². The third kappa shape index (κ3) is 5.59. The summed E-state index contributed by atoms with van der Waals surface area (Å²) in [5.41, 5.74) is 0.358. The van der Waals surface area contributed by atoms with Gasteiger partial charge in [-0.25, -0.2) is 0 Å². The number of carbonyl (C=O) groups excluding carboxylic acids is 1. The molecule has 3 aromatic rings. The van der Waals surface area contributed by atoms with Crippen LogP contribution in [0.5, 0.6) is 0 Å². The zero-order chi connectivity index (χ0) is 25.2. The van der Waals surface area contributed by atoms with Gasteiger partial charge < -0.3 is 15.2 Å². The normalized spacial score (nSPS) is 16.7. The summed E-state index contributed by atoms with van der Waals surface area (Å²) in [6, 6.07) is 17.5. The molecule has 0 aliphatic heterocycles. The molecule has 5 nitrogen and oxygen atoms in total. The van der Waals surface area contributed by atoms with E-state index in [9.17, 15) is 22.8 Å². The zero-order valence-corrected chi connectivity index (χ0v) is 19.9. The highest BCUT2D eigenvalue weighted by molar-refractivity contribution is 5.79. The first-order valence-electron chi connectivity index (χ1n) is 11.8. The van der Waals surface area contributed by atoms with E-state index in [-0.39, 0.29) is 36.8 Å². The third-order valence-electron chi connectivity index (χ3n) is 7.14. The molecule has 1 heterocycles. The fourth-order valence-electron chi connectivity index (χ4n) is 4.81. The highest BCUT2D eigenvalue weighted by atomic mass is 19.4. The van der Waals surface area contributed by atoms with E-state index in [0.717, 1.165) is 16.5 Å². The van der Waals surface area contributed by atoms with Crippen LogP contribution in [0.3, 0.4) is 0 Å². The van der Waals surface area contributed by atoms with E-state index in [2.05, 4.69) is 10.3 Å². The van der Waals surface area contributed by atoms with Gasteiger partial charge in [0.1, 0.15) is 0 Å². The fraction of sp³-hybridized carbons (Fsp3) is 0.407. The number of H-pyrrole nitrogens is 1. The molecule has 2 aromatic carbocycles. The largest absolute Gasteiger partial charge is 0.395 e. The Morgan fingerprint density at radius 2 is 1.80 bits per heavy atom. The van der Waals surface area contributed by atoms with Crippen molar-refractivity contribution < 1.29 is 18.0 Å². The van der Waals surface area contributed by atoms with Crippen LogP contribution in [-0.4, -0.2) is 48.6 Å². The summed E-state index contributed by atoms with van der Waals surface area (Å²) in [4.78, 5) is 29.2. The Morgan fingerprint density at radius 1 is 1.09 bits per heavy atom. The van der Waals surface area contributed by atoms with E-state index in [4.69, 9.17) is 0 Å². The smallest absolute Gasteiger partial charge is 0.355 e. The van der Waals surface area contributed by atoms with Gasteiger partial charge >= 0.3 is 6.18 Å². The van der Waals surface area contributed by atoms with Crippen molar-refractivity contribution >= 4 is 16.8 Å². The molecule has 0 saturated heterocycles. The topological polar surface area (TPSA) is 65.2 Å². The molecule has 0 bridgehead atoms. The van der Waals surface area contributed by atoms with Crippen LogP contribution >= 0.6 is 0 Å². The van der Waals surface area contributed by atoms with Crippen molar-refractivity contribution in [1.29, 1.82) is 0 Å². The number of rotatable bonds is 9. The summed E-state index contributed by atoms with van der Waals surface area (Å²) >= 11 is 0. The zero-order valence-electron chi connectivity index (χ0n) is 19.9. The van der Waals surface area contributed by atoms with Crippen LogP contribution in [-0.2, 0) is 11.2 Å². The lowest BCUT2D eigenvalue weighted by Gasteiger charge is -2.30. The van der Waals surface area contributed by atoms with Crippen molar-refractivity contribution in [3.05, 3.63) is 82.1 Å². The Labute approximate surface area is 202 Å². The number of carbonyl (C=O) groups is 1. The van der Waals surface area contributed by atoms with Crippen molar-refractivity contribution in [2.24, 2.45) is 5.41 Å². The Morgan fingerprint density at radius 3 is 2.43 bits per heavy atom. The van der Waals surface area contributed by atoms with Crippen LogP contribution in [0.1, 0.15) is 36.3 Å². The number of hydrogen-bond donors (Lipinski definition) is 2. The van der Waals surface area contributed by atoms with Gasteiger partial charge in [-0.15, -0.1) is 0 Å². The molecule has 2 N–H and O–H groups in total. The van der Waals surface area contributed by atoms with Gasteiger partial charge in [0.15, 0.2) is 0 Å².